The summed E-state index contributed by atoms with van der Waals surface area (Å²) in [5.41, 5.74) is 8.39. The number of nitrogens with one attached hydrogen (secondary N) is 3. The lowest BCUT2D eigenvalue weighted by molar-refractivity contribution is -0.165. The third-order valence-electron chi connectivity index (χ3n) is 6.27. The first-order valence-corrected chi connectivity index (χ1v) is 11.9. The molecule has 0 aromatic heterocycles. The molecule has 4 amide bonds. The van der Waals surface area contributed by atoms with Crippen LogP contribution in [0.25, 0.3) is 0 Å². The van der Waals surface area contributed by atoms with Gasteiger partial charge in [-0.05, 0) is 36.4 Å². The highest BCUT2D eigenvalue weighted by atomic mass is 16.3. The molecule has 3 unspecified atom stereocenters. The van der Waals surface area contributed by atoms with Gasteiger partial charge in [-0.25, -0.2) is 4.79 Å². The number of carbonyl (C=O) groups is 3. The van der Waals surface area contributed by atoms with Crippen LogP contribution in [0.5, 0.6) is 0 Å². The lowest BCUT2D eigenvalue weighted by Gasteiger charge is -2.48. The van der Waals surface area contributed by atoms with Crippen LogP contribution in [0.2, 0.25) is 0 Å². The van der Waals surface area contributed by atoms with E-state index in [0.29, 0.717) is 19.3 Å². The zero-order valence-electron chi connectivity index (χ0n) is 20.4. The van der Waals surface area contributed by atoms with Crippen LogP contribution in [0.3, 0.4) is 0 Å². The van der Waals surface area contributed by atoms with E-state index < -0.39 is 35.0 Å². The molecule has 0 aliphatic carbocycles. The van der Waals surface area contributed by atoms with Gasteiger partial charge in [0.05, 0.1) is 0 Å². The maximum atomic E-state index is 13.1. The number of urea groups is 1. The van der Waals surface area contributed by atoms with Crippen molar-refractivity contribution in [3.05, 3.63) is 71.8 Å². The molecule has 3 atom stereocenters. The maximum Gasteiger partial charge on any atom is 0.317 e. The third kappa shape index (κ3) is 6.58. The molecule has 0 aliphatic rings. The van der Waals surface area contributed by atoms with Crippen molar-refractivity contribution in [1.29, 1.82) is 0 Å². The second-order valence-electron chi connectivity index (χ2n) is 8.62. The van der Waals surface area contributed by atoms with Crippen LogP contribution in [0.1, 0.15) is 44.2 Å². The molecule has 0 radical (unpaired) electrons. The van der Waals surface area contributed by atoms with Gasteiger partial charge in [0.1, 0.15) is 0 Å². The molecule has 0 bridgehead atoms. The second kappa shape index (κ2) is 12.9. The van der Waals surface area contributed by atoms with Gasteiger partial charge in [0, 0.05) is 6.54 Å². The fourth-order valence-electron chi connectivity index (χ4n) is 4.34. The van der Waals surface area contributed by atoms with Crippen molar-refractivity contribution in [1.82, 2.24) is 16.0 Å². The molecule has 190 valence electrons. The Morgan fingerprint density at radius 1 is 0.914 bits per heavy atom. The van der Waals surface area contributed by atoms with E-state index in [9.17, 15) is 19.5 Å². The number of carbonyl (C=O) groups excluding carboxylic acids is 3. The molecular weight excluding hydrogens is 446 g/mol. The number of nitrogens with two attached hydrogens (primary N) is 2. The average molecular weight is 484 g/mol. The van der Waals surface area contributed by atoms with Gasteiger partial charge in [0.25, 0.3) is 5.91 Å². The molecule has 0 aliphatic heterocycles. The molecule has 2 aromatic carbocycles. The Morgan fingerprint density at radius 2 is 1.49 bits per heavy atom. The van der Waals surface area contributed by atoms with Crippen molar-refractivity contribution in [2.45, 2.75) is 57.3 Å². The van der Waals surface area contributed by atoms with E-state index in [2.05, 4.69) is 16.0 Å². The zero-order valence-corrected chi connectivity index (χ0v) is 20.4. The summed E-state index contributed by atoms with van der Waals surface area (Å²) in [5, 5.41) is 19.6. The lowest BCUT2D eigenvalue weighted by atomic mass is 9.70. The fourth-order valence-corrected chi connectivity index (χ4v) is 4.34. The van der Waals surface area contributed by atoms with Gasteiger partial charge < -0.3 is 27.2 Å². The highest BCUT2D eigenvalue weighted by Gasteiger charge is 2.63. The topological polar surface area (TPSA) is 160 Å². The molecule has 2 rings (SSSR count). The fraction of sp³-hybridized carbons (Fsp3) is 0.423. The van der Waals surface area contributed by atoms with Crippen molar-refractivity contribution in [3.63, 3.8) is 0 Å². The minimum absolute atomic E-state index is 0.134. The number of primary amides is 2. The molecule has 35 heavy (non-hydrogen) atoms. The van der Waals surface area contributed by atoms with Crippen LogP contribution in [-0.2, 0) is 22.6 Å². The SMILES string of the molecule is CCCCNC(C(N)=O)(C(CC)Cc1ccccc1)C(O)(NC(=O)NCc1ccccc1)C(N)=O. The van der Waals surface area contributed by atoms with Crippen LogP contribution in [0.15, 0.2) is 60.7 Å². The second-order valence-corrected chi connectivity index (χ2v) is 8.62. The molecule has 0 saturated heterocycles. The molecular formula is C26H37N5O4. The Balaban J connectivity index is 2.47. The summed E-state index contributed by atoms with van der Waals surface area (Å²) in [7, 11) is 0. The van der Waals surface area contributed by atoms with Crippen molar-refractivity contribution < 1.29 is 19.5 Å². The predicted molar refractivity (Wildman–Crippen MR) is 135 cm³/mol. The van der Waals surface area contributed by atoms with Crippen LogP contribution in [0, 0.1) is 5.92 Å². The maximum absolute atomic E-state index is 13.1. The first kappa shape index (κ1) is 27.8. The largest absolute Gasteiger partial charge is 0.368 e. The number of amides is 4. The van der Waals surface area contributed by atoms with E-state index in [1.54, 1.807) is 0 Å². The Bertz CT molecular complexity index is 972. The Morgan fingerprint density at radius 3 is 1.97 bits per heavy atom. The molecule has 0 spiro atoms. The summed E-state index contributed by atoms with van der Waals surface area (Å²) in [6.45, 7) is 4.19. The van der Waals surface area contributed by atoms with Crippen LogP contribution in [0.4, 0.5) is 4.79 Å². The van der Waals surface area contributed by atoms with E-state index in [-0.39, 0.29) is 13.1 Å². The van der Waals surface area contributed by atoms with E-state index in [1.165, 1.54) is 0 Å². The van der Waals surface area contributed by atoms with Crippen molar-refractivity contribution >= 4 is 17.8 Å². The minimum atomic E-state index is -2.80. The van der Waals surface area contributed by atoms with Crippen LogP contribution < -0.4 is 27.4 Å². The Kier molecular flexibility index (Phi) is 10.2. The van der Waals surface area contributed by atoms with Gasteiger partial charge in [0.15, 0.2) is 5.54 Å². The zero-order chi connectivity index (χ0) is 25.9. The smallest absolute Gasteiger partial charge is 0.317 e. The molecule has 2 aromatic rings. The highest BCUT2D eigenvalue weighted by molar-refractivity contribution is 5.99. The summed E-state index contributed by atoms with van der Waals surface area (Å²) in [5.74, 6) is -2.95. The highest BCUT2D eigenvalue weighted by Crippen LogP contribution is 2.34. The number of hydrogen-bond donors (Lipinski definition) is 6. The first-order valence-electron chi connectivity index (χ1n) is 11.9. The van der Waals surface area contributed by atoms with Crippen LogP contribution >= 0.6 is 0 Å². The van der Waals surface area contributed by atoms with Gasteiger partial charge in [-0.1, -0.05) is 87.4 Å². The molecule has 0 heterocycles. The van der Waals surface area contributed by atoms with Crippen LogP contribution in [-0.4, -0.2) is 40.8 Å². The number of hydrogen-bond acceptors (Lipinski definition) is 5. The van der Waals surface area contributed by atoms with E-state index in [1.807, 2.05) is 74.5 Å². The van der Waals surface area contributed by atoms with Gasteiger partial charge in [-0.3, -0.25) is 14.9 Å². The Hall–Kier alpha value is -3.43. The van der Waals surface area contributed by atoms with Crippen molar-refractivity contribution in [2.24, 2.45) is 17.4 Å². The molecule has 9 heteroatoms. The monoisotopic (exact) mass is 483 g/mol. The van der Waals surface area contributed by atoms with Crippen molar-refractivity contribution in [2.75, 3.05) is 6.54 Å². The van der Waals surface area contributed by atoms with E-state index >= 15 is 0 Å². The molecule has 0 fully saturated rings. The van der Waals surface area contributed by atoms with E-state index in [0.717, 1.165) is 17.5 Å². The van der Waals surface area contributed by atoms with Crippen molar-refractivity contribution in [3.8, 4) is 0 Å². The quantitative estimate of drug-likeness (QED) is 0.177. The summed E-state index contributed by atoms with van der Waals surface area (Å²) in [4.78, 5) is 38.7. The predicted octanol–water partition coefficient (Wildman–Crippen LogP) is 1.54. The summed E-state index contributed by atoms with van der Waals surface area (Å²) >= 11 is 0. The standard InChI is InChI=1S/C26H37N5O4/c1-3-5-16-30-25(22(27)32,21(4-2)17-19-12-8-6-9-13-19)26(35,23(28)33)31-24(34)29-18-20-14-10-7-11-15-20/h6-15,21,30,35H,3-5,16-18H2,1-2H3,(H2,27,32)(H2,28,33)(H2,29,31,34). The normalized spacial score (nSPS) is 15.3. The summed E-state index contributed by atoms with van der Waals surface area (Å²) in [6, 6.07) is 17.6. The van der Waals surface area contributed by atoms with Gasteiger partial charge in [-0.2, -0.15) is 0 Å². The lowest BCUT2D eigenvalue weighted by Crippen LogP contribution is -2.82. The number of rotatable bonds is 14. The summed E-state index contributed by atoms with van der Waals surface area (Å²) in [6.07, 6.45) is 2.10. The van der Waals surface area contributed by atoms with Gasteiger partial charge >= 0.3 is 6.03 Å². The van der Waals surface area contributed by atoms with Gasteiger partial charge in [-0.15, -0.1) is 0 Å². The summed E-state index contributed by atoms with van der Waals surface area (Å²) < 4.78 is 0. The average Bonchev–Trinajstić information content (AvgIpc) is 2.85. The minimum Gasteiger partial charge on any atom is -0.368 e. The van der Waals surface area contributed by atoms with E-state index in [4.69, 9.17) is 11.5 Å². The number of unbranched alkanes of at least 4 members (excludes halogenated alkanes) is 1. The molecule has 8 N–H and O–H groups in total. The number of benzene rings is 2. The van der Waals surface area contributed by atoms with Gasteiger partial charge in [0.2, 0.25) is 11.6 Å². The third-order valence-corrected chi connectivity index (χ3v) is 6.27. The number of aliphatic hydroxyl groups is 1. The molecule has 9 nitrogen and oxygen atoms in total. The first-order chi connectivity index (χ1) is 16.7. The Labute approximate surface area is 206 Å². The molecule has 0 saturated carbocycles.